The van der Waals surface area contributed by atoms with Gasteiger partial charge in [0.05, 0.1) is 21.0 Å². The van der Waals surface area contributed by atoms with E-state index >= 15 is 0 Å². The molecule has 0 saturated heterocycles. The van der Waals surface area contributed by atoms with E-state index in [-0.39, 0.29) is 33.6 Å². The number of benzene rings is 4. The first-order valence-electron chi connectivity index (χ1n) is 14.1. The van der Waals surface area contributed by atoms with Crippen molar-refractivity contribution >= 4 is 22.7 Å². The molecule has 0 bridgehead atoms. The lowest BCUT2D eigenvalue weighted by Crippen LogP contribution is -2.40. The van der Waals surface area contributed by atoms with E-state index in [1.807, 2.05) is 60.7 Å². The predicted octanol–water partition coefficient (Wildman–Crippen LogP) is 6.84. The third-order valence-electron chi connectivity index (χ3n) is 8.09. The Balaban J connectivity index is 1.20. The van der Waals surface area contributed by atoms with Crippen LogP contribution in [0.5, 0.6) is 0 Å². The van der Waals surface area contributed by atoms with Gasteiger partial charge in [0.15, 0.2) is 0 Å². The molecule has 4 aromatic carbocycles. The number of nitro groups is 2. The number of rotatable bonds is 9. The van der Waals surface area contributed by atoms with E-state index < -0.39 is 0 Å². The summed E-state index contributed by atoms with van der Waals surface area (Å²) >= 11 is 0. The van der Waals surface area contributed by atoms with E-state index in [1.54, 1.807) is 24.3 Å². The molecule has 2 N–H and O–H groups in total. The standard InChI is InChI=1S/C32H32N6O4/c39-37(40)29-17-7-3-13-25(29)31-33-27-15-5-1-11-23(27)21-35(31)19-9-10-20-36-22-24-12-2-6-16-28(24)34-32(36)26-14-4-8-18-30(26)38(41)42/h1-8,11-18,31-34H,9-10,19-22H2. The first-order chi connectivity index (χ1) is 20.5. The molecule has 10 nitrogen and oxygen atoms in total. The number of nitrogens with one attached hydrogen (secondary N) is 2. The van der Waals surface area contributed by atoms with Crippen molar-refractivity contribution in [2.45, 2.75) is 38.3 Å². The zero-order valence-corrected chi connectivity index (χ0v) is 23.1. The zero-order chi connectivity index (χ0) is 29.1. The summed E-state index contributed by atoms with van der Waals surface area (Å²) in [5.74, 6) is 0. The molecular formula is C32H32N6O4. The molecule has 0 aromatic heterocycles. The van der Waals surface area contributed by atoms with Gasteiger partial charge in [-0.15, -0.1) is 0 Å². The third-order valence-corrected chi connectivity index (χ3v) is 8.09. The van der Waals surface area contributed by atoms with E-state index in [0.29, 0.717) is 24.2 Å². The fourth-order valence-corrected chi connectivity index (χ4v) is 6.06. The molecule has 0 fully saturated rings. The maximum Gasteiger partial charge on any atom is 0.276 e. The lowest BCUT2D eigenvalue weighted by atomic mass is 10.0. The highest BCUT2D eigenvalue weighted by atomic mass is 16.6. The summed E-state index contributed by atoms with van der Waals surface area (Å²) in [7, 11) is 0. The lowest BCUT2D eigenvalue weighted by Gasteiger charge is -2.39. The zero-order valence-electron chi connectivity index (χ0n) is 23.1. The summed E-state index contributed by atoms with van der Waals surface area (Å²) in [6.45, 7) is 2.81. The summed E-state index contributed by atoms with van der Waals surface area (Å²) in [6.07, 6.45) is 1.04. The number of hydrogen-bond acceptors (Lipinski definition) is 8. The van der Waals surface area contributed by atoms with Crippen LogP contribution in [0.4, 0.5) is 22.7 Å². The molecule has 2 heterocycles. The monoisotopic (exact) mass is 564 g/mol. The third kappa shape index (κ3) is 5.54. The van der Waals surface area contributed by atoms with Crippen LogP contribution in [0.1, 0.15) is 47.4 Å². The van der Waals surface area contributed by atoms with Gasteiger partial charge in [0.2, 0.25) is 0 Å². The number of unbranched alkanes of at least 4 members (excludes halogenated alkanes) is 1. The molecule has 6 rings (SSSR count). The van der Waals surface area contributed by atoms with Crippen molar-refractivity contribution in [2.75, 3.05) is 23.7 Å². The highest BCUT2D eigenvalue weighted by Gasteiger charge is 2.33. The van der Waals surface area contributed by atoms with Crippen molar-refractivity contribution in [1.29, 1.82) is 0 Å². The topological polar surface area (TPSA) is 117 Å². The van der Waals surface area contributed by atoms with Crippen molar-refractivity contribution in [3.63, 3.8) is 0 Å². The molecular weight excluding hydrogens is 532 g/mol. The molecule has 2 aliphatic rings. The Hall–Kier alpha value is -4.80. The molecule has 42 heavy (non-hydrogen) atoms. The summed E-state index contributed by atoms with van der Waals surface area (Å²) < 4.78 is 0. The van der Waals surface area contributed by atoms with Crippen LogP contribution in [-0.2, 0) is 13.1 Å². The first-order valence-corrected chi connectivity index (χ1v) is 14.1. The van der Waals surface area contributed by atoms with Gasteiger partial charge in [-0.1, -0.05) is 60.7 Å². The van der Waals surface area contributed by atoms with E-state index in [2.05, 4.69) is 32.6 Å². The molecule has 0 spiro atoms. The lowest BCUT2D eigenvalue weighted by molar-refractivity contribution is -0.386. The normalized spacial score (nSPS) is 18.3. The Morgan fingerprint density at radius 3 is 1.40 bits per heavy atom. The Kier molecular flexibility index (Phi) is 7.81. The van der Waals surface area contributed by atoms with Crippen LogP contribution in [0.2, 0.25) is 0 Å². The van der Waals surface area contributed by atoms with Crippen molar-refractivity contribution in [3.8, 4) is 0 Å². The van der Waals surface area contributed by atoms with Crippen LogP contribution in [-0.4, -0.2) is 32.7 Å². The van der Waals surface area contributed by atoms with Crippen molar-refractivity contribution < 1.29 is 9.85 Å². The second-order valence-corrected chi connectivity index (χ2v) is 10.7. The number of para-hydroxylation sites is 4. The number of fused-ring (bicyclic) bond motifs is 2. The molecule has 2 unspecified atom stereocenters. The maximum absolute atomic E-state index is 11.9. The Morgan fingerprint density at radius 1 is 0.595 bits per heavy atom. The van der Waals surface area contributed by atoms with Crippen LogP contribution in [0.25, 0.3) is 0 Å². The Bertz CT molecular complexity index is 1490. The van der Waals surface area contributed by atoms with Gasteiger partial charge in [-0.25, -0.2) is 0 Å². The van der Waals surface area contributed by atoms with Gasteiger partial charge in [0.25, 0.3) is 11.4 Å². The van der Waals surface area contributed by atoms with Gasteiger partial charge in [-0.2, -0.15) is 0 Å². The van der Waals surface area contributed by atoms with Crippen molar-refractivity contribution in [3.05, 3.63) is 140 Å². The smallest absolute Gasteiger partial charge is 0.276 e. The summed E-state index contributed by atoms with van der Waals surface area (Å²) in [6, 6.07) is 30.0. The van der Waals surface area contributed by atoms with E-state index in [1.165, 1.54) is 0 Å². The number of anilines is 2. The van der Waals surface area contributed by atoms with Gasteiger partial charge in [0.1, 0.15) is 12.3 Å². The molecule has 2 atom stereocenters. The van der Waals surface area contributed by atoms with Crippen LogP contribution in [0.3, 0.4) is 0 Å². The Morgan fingerprint density at radius 2 is 0.976 bits per heavy atom. The molecule has 10 heteroatoms. The van der Waals surface area contributed by atoms with Crippen molar-refractivity contribution in [2.24, 2.45) is 0 Å². The quantitative estimate of drug-likeness (QED) is 0.129. The van der Waals surface area contributed by atoms with Gasteiger partial charge in [-0.3, -0.25) is 30.0 Å². The molecule has 0 aliphatic carbocycles. The van der Waals surface area contributed by atoms with Crippen LogP contribution in [0.15, 0.2) is 97.1 Å². The molecule has 4 aromatic rings. The van der Waals surface area contributed by atoms with Gasteiger partial charge in [0, 0.05) is 49.7 Å². The minimum Gasteiger partial charge on any atom is -0.365 e. The highest BCUT2D eigenvalue weighted by Crippen LogP contribution is 2.38. The molecule has 0 radical (unpaired) electrons. The maximum atomic E-state index is 11.9. The van der Waals surface area contributed by atoms with E-state index in [4.69, 9.17) is 0 Å². The molecule has 0 saturated carbocycles. The molecule has 0 amide bonds. The highest BCUT2D eigenvalue weighted by molar-refractivity contribution is 5.57. The number of nitro benzene ring substituents is 2. The Labute approximate surface area is 243 Å². The fraction of sp³-hybridized carbons (Fsp3) is 0.250. The van der Waals surface area contributed by atoms with Crippen LogP contribution in [0, 0.1) is 20.2 Å². The number of hydrogen-bond donors (Lipinski definition) is 2. The van der Waals surface area contributed by atoms with Crippen LogP contribution < -0.4 is 10.6 Å². The summed E-state index contributed by atoms with van der Waals surface area (Å²) in [4.78, 5) is 27.6. The second-order valence-electron chi connectivity index (χ2n) is 10.7. The van der Waals surface area contributed by atoms with Gasteiger partial charge in [-0.05, 0) is 48.2 Å². The minimum absolute atomic E-state index is 0.102. The van der Waals surface area contributed by atoms with Gasteiger partial charge >= 0.3 is 0 Å². The second kappa shape index (κ2) is 12.0. The molecule has 214 valence electrons. The van der Waals surface area contributed by atoms with E-state index in [0.717, 1.165) is 48.4 Å². The van der Waals surface area contributed by atoms with Crippen molar-refractivity contribution in [1.82, 2.24) is 9.80 Å². The van der Waals surface area contributed by atoms with Crippen LogP contribution >= 0.6 is 0 Å². The SMILES string of the molecule is O=[N+]([O-])c1ccccc1C1Nc2ccccc2CN1CCCCN1Cc2ccccc2NC1c1ccccc1[N+](=O)[O-]. The number of nitrogens with zero attached hydrogens (tertiary/aromatic N) is 4. The summed E-state index contributed by atoms with van der Waals surface area (Å²) in [5, 5.41) is 30.8. The summed E-state index contributed by atoms with van der Waals surface area (Å²) in [5.41, 5.74) is 5.77. The average Bonchev–Trinajstić information content (AvgIpc) is 3.02. The predicted molar refractivity (Wildman–Crippen MR) is 162 cm³/mol. The van der Waals surface area contributed by atoms with Gasteiger partial charge < -0.3 is 10.6 Å². The minimum atomic E-state index is -0.329. The largest absolute Gasteiger partial charge is 0.365 e. The first kappa shape index (κ1) is 27.4. The van der Waals surface area contributed by atoms with E-state index in [9.17, 15) is 20.2 Å². The fourth-order valence-electron chi connectivity index (χ4n) is 6.06. The molecule has 2 aliphatic heterocycles. The average molecular weight is 565 g/mol.